The predicted molar refractivity (Wildman–Crippen MR) is 68.7 cm³/mol. The van der Waals surface area contributed by atoms with E-state index in [4.69, 9.17) is 0 Å². The van der Waals surface area contributed by atoms with Crippen molar-refractivity contribution in [2.75, 3.05) is 26.2 Å². The second-order valence-corrected chi connectivity index (χ2v) is 5.27. The lowest BCUT2D eigenvalue weighted by Crippen LogP contribution is -2.48. The lowest BCUT2D eigenvalue weighted by Gasteiger charge is -2.31. The summed E-state index contributed by atoms with van der Waals surface area (Å²) in [6.07, 6.45) is 5.01. The van der Waals surface area contributed by atoms with Gasteiger partial charge in [0, 0.05) is 18.1 Å². The molecule has 1 unspecified atom stereocenters. The maximum atomic E-state index is 9.43. The molecule has 0 aromatic rings. The van der Waals surface area contributed by atoms with Gasteiger partial charge in [0.25, 0.3) is 0 Å². The summed E-state index contributed by atoms with van der Waals surface area (Å²) in [6, 6.07) is 0.838. The van der Waals surface area contributed by atoms with Crippen molar-refractivity contribution in [3.63, 3.8) is 0 Å². The van der Waals surface area contributed by atoms with Gasteiger partial charge >= 0.3 is 0 Å². The number of rotatable bonds is 9. The lowest BCUT2D eigenvalue weighted by molar-refractivity contribution is 0.144. The zero-order chi connectivity index (χ0) is 12.0. The van der Waals surface area contributed by atoms with Crippen LogP contribution in [0.3, 0.4) is 0 Å². The van der Waals surface area contributed by atoms with Crippen molar-refractivity contribution in [2.24, 2.45) is 0 Å². The number of nitrogens with one attached hydrogen (secondary N) is 1. The van der Waals surface area contributed by atoms with E-state index in [0.29, 0.717) is 0 Å². The van der Waals surface area contributed by atoms with Crippen LogP contribution in [0.15, 0.2) is 0 Å². The van der Waals surface area contributed by atoms with E-state index in [1.165, 1.54) is 25.8 Å². The highest BCUT2D eigenvalue weighted by molar-refractivity contribution is 4.88. The Morgan fingerprint density at radius 2 is 2.00 bits per heavy atom. The molecule has 0 bridgehead atoms. The standard InChI is InChI=1S/C13H28N2O/c1-4-9-15(12-6-7-12)10-8-13(3,11-16)14-5-2/h12,14,16H,4-11H2,1-3H3. The van der Waals surface area contributed by atoms with Crippen LogP contribution in [0.25, 0.3) is 0 Å². The molecule has 1 saturated carbocycles. The molecule has 2 N–H and O–H groups in total. The number of aliphatic hydroxyl groups excluding tert-OH is 1. The summed E-state index contributed by atoms with van der Waals surface area (Å²) in [7, 11) is 0. The number of hydrogen-bond donors (Lipinski definition) is 2. The van der Waals surface area contributed by atoms with Crippen LogP contribution >= 0.6 is 0 Å². The molecule has 0 saturated heterocycles. The quantitative estimate of drug-likeness (QED) is 0.629. The molecule has 0 aromatic carbocycles. The largest absolute Gasteiger partial charge is 0.394 e. The van der Waals surface area contributed by atoms with Crippen molar-refractivity contribution in [1.29, 1.82) is 0 Å². The summed E-state index contributed by atoms with van der Waals surface area (Å²) in [4.78, 5) is 2.59. The molecule has 3 nitrogen and oxygen atoms in total. The molecule has 1 atom stereocenters. The zero-order valence-electron chi connectivity index (χ0n) is 11.1. The van der Waals surface area contributed by atoms with Gasteiger partial charge in [0.15, 0.2) is 0 Å². The molecule has 1 fully saturated rings. The van der Waals surface area contributed by atoms with Gasteiger partial charge in [-0.25, -0.2) is 0 Å². The Balaban J connectivity index is 2.33. The minimum absolute atomic E-state index is 0.102. The first-order valence-electron chi connectivity index (χ1n) is 6.75. The van der Waals surface area contributed by atoms with Gasteiger partial charge < -0.3 is 15.3 Å². The van der Waals surface area contributed by atoms with Crippen LogP contribution in [0.2, 0.25) is 0 Å². The first kappa shape index (κ1) is 13.9. The third kappa shape index (κ3) is 4.40. The van der Waals surface area contributed by atoms with E-state index in [0.717, 1.165) is 25.6 Å². The molecular weight excluding hydrogens is 200 g/mol. The molecule has 1 aliphatic rings. The number of hydrogen-bond acceptors (Lipinski definition) is 3. The molecule has 1 aliphatic carbocycles. The molecule has 3 heteroatoms. The number of likely N-dealkylation sites (N-methyl/N-ethyl adjacent to an activating group) is 1. The smallest absolute Gasteiger partial charge is 0.0611 e. The van der Waals surface area contributed by atoms with E-state index in [-0.39, 0.29) is 12.1 Å². The van der Waals surface area contributed by atoms with Gasteiger partial charge in [-0.1, -0.05) is 13.8 Å². The monoisotopic (exact) mass is 228 g/mol. The molecule has 0 spiro atoms. The average molecular weight is 228 g/mol. The zero-order valence-corrected chi connectivity index (χ0v) is 11.1. The maximum Gasteiger partial charge on any atom is 0.0611 e. The van der Waals surface area contributed by atoms with E-state index in [9.17, 15) is 5.11 Å². The van der Waals surface area contributed by atoms with Crippen molar-refractivity contribution in [3.8, 4) is 0 Å². The van der Waals surface area contributed by atoms with E-state index < -0.39 is 0 Å². The van der Waals surface area contributed by atoms with E-state index in [1.54, 1.807) is 0 Å². The highest BCUT2D eigenvalue weighted by Gasteiger charge is 2.30. The summed E-state index contributed by atoms with van der Waals surface area (Å²) < 4.78 is 0. The van der Waals surface area contributed by atoms with Crippen LogP contribution < -0.4 is 5.32 Å². The first-order chi connectivity index (χ1) is 7.65. The fourth-order valence-corrected chi connectivity index (χ4v) is 2.24. The molecule has 0 heterocycles. The minimum atomic E-state index is -0.102. The van der Waals surface area contributed by atoms with E-state index in [1.807, 2.05) is 0 Å². The van der Waals surface area contributed by atoms with Crippen LogP contribution in [-0.4, -0.2) is 47.8 Å². The molecule has 96 valence electrons. The predicted octanol–water partition coefficient (Wildman–Crippen LogP) is 1.61. The Bertz CT molecular complexity index is 194. The SMILES string of the molecule is CCCN(CCC(C)(CO)NCC)C1CC1. The van der Waals surface area contributed by atoms with Gasteiger partial charge in [-0.3, -0.25) is 0 Å². The summed E-state index contributed by atoms with van der Waals surface area (Å²) >= 11 is 0. The lowest BCUT2D eigenvalue weighted by atomic mass is 9.98. The van der Waals surface area contributed by atoms with Gasteiger partial charge in [-0.05, 0) is 45.7 Å². The number of aliphatic hydroxyl groups is 1. The van der Waals surface area contributed by atoms with Crippen LogP contribution in [0.4, 0.5) is 0 Å². The van der Waals surface area contributed by atoms with Crippen molar-refractivity contribution in [1.82, 2.24) is 10.2 Å². The normalized spacial score (nSPS) is 20.1. The van der Waals surface area contributed by atoms with Gasteiger partial charge in [-0.15, -0.1) is 0 Å². The molecule has 0 aliphatic heterocycles. The topological polar surface area (TPSA) is 35.5 Å². The molecule has 16 heavy (non-hydrogen) atoms. The summed E-state index contributed by atoms with van der Waals surface area (Å²) in [5, 5.41) is 12.8. The second kappa shape index (κ2) is 6.58. The fraction of sp³-hybridized carbons (Fsp3) is 1.00. The van der Waals surface area contributed by atoms with Gasteiger partial charge in [0.2, 0.25) is 0 Å². The Hall–Kier alpha value is -0.120. The fourth-order valence-electron chi connectivity index (χ4n) is 2.24. The molecular formula is C13H28N2O. The molecule has 1 rings (SSSR count). The highest BCUT2D eigenvalue weighted by Crippen LogP contribution is 2.27. The molecule has 0 radical (unpaired) electrons. The average Bonchev–Trinajstić information content (AvgIpc) is 3.08. The van der Waals surface area contributed by atoms with Gasteiger partial charge in [-0.2, -0.15) is 0 Å². The van der Waals surface area contributed by atoms with Crippen LogP contribution in [0.1, 0.15) is 46.5 Å². The van der Waals surface area contributed by atoms with Crippen molar-refractivity contribution in [2.45, 2.75) is 58.0 Å². The third-order valence-electron chi connectivity index (χ3n) is 3.48. The Labute approximate surface area is 100 Å². The Morgan fingerprint density at radius 3 is 2.44 bits per heavy atom. The third-order valence-corrected chi connectivity index (χ3v) is 3.48. The molecule has 0 aromatic heterocycles. The van der Waals surface area contributed by atoms with Crippen LogP contribution in [0.5, 0.6) is 0 Å². The van der Waals surface area contributed by atoms with Crippen molar-refractivity contribution >= 4 is 0 Å². The first-order valence-corrected chi connectivity index (χ1v) is 6.75. The summed E-state index contributed by atoms with van der Waals surface area (Å²) in [5.74, 6) is 0. The van der Waals surface area contributed by atoms with E-state index in [2.05, 4.69) is 31.0 Å². The minimum Gasteiger partial charge on any atom is -0.394 e. The van der Waals surface area contributed by atoms with Crippen molar-refractivity contribution < 1.29 is 5.11 Å². The Kier molecular flexibility index (Phi) is 5.73. The van der Waals surface area contributed by atoms with Crippen LogP contribution in [0, 0.1) is 0 Å². The van der Waals surface area contributed by atoms with E-state index >= 15 is 0 Å². The summed E-state index contributed by atoms with van der Waals surface area (Å²) in [5.41, 5.74) is -0.102. The van der Waals surface area contributed by atoms with Crippen LogP contribution in [-0.2, 0) is 0 Å². The Morgan fingerprint density at radius 1 is 1.31 bits per heavy atom. The highest BCUT2D eigenvalue weighted by atomic mass is 16.3. The van der Waals surface area contributed by atoms with Gasteiger partial charge in [0.1, 0.15) is 0 Å². The van der Waals surface area contributed by atoms with Crippen molar-refractivity contribution in [3.05, 3.63) is 0 Å². The summed E-state index contributed by atoms with van der Waals surface area (Å²) in [6.45, 7) is 9.93. The second-order valence-electron chi connectivity index (χ2n) is 5.27. The number of nitrogens with zero attached hydrogens (tertiary/aromatic N) is 1. The maximum absolute atomic E-state index is 9.43. The molecule has 0 amide bonds. The van der Waals surface area contributed by atoms with Gasteiger partial charge in [0.05, 0.1) is 6.61 Å².